The minimum Gasteiger partial charge on any atom is -0.355 e. The van der Waals surface area contributed by atoms with Crippen LogP contribution in [0.15, 0.2) is 60.8 Å². The molecule has 0 unspecified atom stereocenters. The van der Waals surface area contributed by atoms with Gasteiger partial charge >= 0.3 is 0 Å². The molecule has 0 radical (unpaired) electrons. The van der Waals surface area contributed by atoms with Gasteiger partial charge in [-0.15, -0.1) is 0 Å². The summed E-state index contributed by atoms with van der Waals surface area (Å²) < 4.78 is 28.0. The summed E-state index contributed by atoms with van der Waals surface area (Å²) in [5.41, 5.74) is 1.43. The highest BCUT2D eigenvalue weighted by atomic mass is 35.5. The Morgan fingerprint density at radius 3 is 2.56 bits per heavy atom. The van der Waals surface area contributed by atoms with Crippen LogP contribution in [-0.2, 0) is 10.0 Å². The first-order valence-corrected chi connectivity index (χ1v) is 11.6. The Morgan fingerprint density at radius 1 is 1.03 bits per heavy atom. The molecule has 0 saturated heterocycles. The maximum atomic E-state index is 12.7. The van der Waals surface area contributed by atoms with Gasteiger partial charge in [0.2, 0.25) is 0 Å². The number of benzene rings is 2. The number of pyridine rings is 1. The SMILES string of the molecule is N#Cc1ccc(NCS(=O)(=O)Nc2nc(-c3ccc(Cl)cc3Cl)nc3ccccc23)nc1. The number of anilines is 2. The minimum absolute atomic E-state index is 0.117. The molecule has 0 amide bonds. The average molecular weight is 485 g/mol. The van der Waals surface area contributed by atoms with Crippen molar-refractivity contribution in [1.29, 1.82) is 5.26 Å². The molecule has 160 valence electrons. The first-order valence-electron chi connectivity index (χ1n) is 9.17. The monoisotopic (exact) mass is 484 g/mol. The van der Waals surface area contributed by atoms with Gasteiger partial charge in [-0.25, -0.2) is 23.4 Å². The molecule has 0 fully saturated rings. The van der Waals surface area contributed by atoms with Crippen molar-refractivity contribution in [3.63, 3.8) is 0 Å². The quantitative estimate of drug-likeness (QED) is 0.407. The van der Waals surface area contributed by atoms with E-state index in [1.165, 1.54) is 18.3 Å². The molecule has 0 spiro atoms. The van der Waals surface area contributed by atoms with Crippen molar-refractivity contribution in [2.75, 3.05) is 15.9 Å². The second kappa shape index (κ2) is 8.96. The van der Waals surface area contributed by atoms with E-state index < -0.39 is 15.9 Å². The van der Waals surface area contributed by atoms with Gasteiger partial charge in [0.25, 0.3) is 10.0 Å². The van der Waals surface area contributed by atoms with Crippen LogP contribution in [0.2, 0.25) is 10.0 Å². The number of nitrogens with zero attached hydrogens (tertiary/aromatic N) is 4. The number of nitriles is 1. The normalized spacial score (nSPS) is 11.2. The highest BCUT2D eigenvalue weighted by Crippen LogP contribution is 2.31. The Hall–Kier alpha value is -3.45. The van der Waals surface area contributed by atoms with Crippen LogP contribution < -0.4 is 10.0 Å². The zero-order chi connectivity index (χ0) is 22.7. The van der Waals surface area contributed by atoms with Gasteiger partial charge in [0.05, 0.1) is 16.1 Å². The minimum atomic E-state index is -3.87. The van der Waals surface area contributed by atoms with Crippen LogP contribution in [0.25, 0.3) is 22.3 Å². The summed E-state index contributed by atoms with van der Waals surface area (Å²) in [6.45, 7) is 0. The van der Waals surface area contributed by atoms with Gasteiger partial charge in [0.15, 0.2) is 11.6 Å². The summed E-state index contributed by atoms with van der Waals surface area (Å²) >= 11 is 12.3. The highest BCUT2D eigenvalue weighted by molar-refractivity contribution is 7.92. The number of para-hydroxylation sites is 1. The number of hydrogen-bond acceptors (Lipinski definition) is 7. The molecule has 8 nitrogen and oxygen atoms in total. The zero-order valence-electron chi connectivity index (χ0n) is 16.3. The lowest BCUT2D eigenvalue weighted by Gasteiger charge is -2.13. The molecule has 0 aliphatic heterocycles. The first kappa shape index (κ1) is 21.8. The topological polar surface area (TPSA) is 121 Å². The largest absolute Gasteiger partial charge is 0.355 e. The van der Waals surface area contributed by atoms with E-state index in [-0.39, 0.29) is 11.6 Å². The van der Waals surface area contributed by atoms with Gasteiger partial charge in [0.1, 0.15) is 17.8 Å². The van der Waals surface area contributed by atoms with Crippen LogP contribution in [0.5, 0.6) is 0 Å². The van der Waals surface area contributed by atoms with Crippen molar-refractivity contribution in [3.8, 4) is 17.5 Å². The predicted molar refractivity (Wildman–Crippen MR) is 125 cm³/mol. The number of nitrogens with one attached hydrogen (secondary N) is 2. The van der Waals surface area contributed by atoms with Gasteiger partial charge < -0.3 is 5.32 Å². The van der Waals surface area contributed by atoms with Crippen LogP contribution in [-0.4, -0.2) is 29.2 Å². The van der Waals surface area contributed by atoms with E-state index >= 15 is 0 Å². The van der Waals surface area contributed by atoms with Gasteiger partial charge in [-0.1, -0.05) is 35.3 Å². The third kappa shape index (κ3) is 4.89. The maximum Gasteiger partial charge on any atom is 0.252 e. The number of fused-ring (bicyclic) bond motifs is 1. The molecule has 0 aliphatic rings. The molecule has 0 bridgehead atoms. The van der Waals surface area contributed by atoms with E-state index in [0.717, 1.165) is 0 Å². The maximum absolute atomic E-state index is 12.7. The third-order valence-electron chi connectivity index (χ3n) is 4.36. The van der Waals surface area contributed by atoms with Gasteiger partial charge in [0, 0.05) is 22.2 Å². The number of halogens is 2. The van der Waals surface area contributed by atoms with E-state index in [0.29, 0.717) is 37.9 Å². The van der Waals surface area contributed by atoms with Gasteiger partial charge in [-0.05, 0) is 42.5 Å². The molecule has 2 N–H and O–H groups in total. The second-order valence-corrected chi connectivity index (χ2v) is 9.18. The van der Waals surface area contributed by atoms with E-state index in [2.05, 4.69) is 25.0 Å². The Balaban J connectivity index is 1.65. The van der Waals surface area contributed by atoms with Gasteiger partial charge in [-0.2, -0.15) is 5.26 Å². The lowest BCUT2D eigenvalue weighted by atomic mass is 10.2. The molecule has 2 aromatic heterocycles. The average Bonchev–Trinajstić information content (AvgIpc) is 2.78. The van der Waals surface area contributed by atoms with Crippen molar-refractivity contribution in [1.82, 2.24) is 15.0 Å². The fourth-order valence-electron chi connectivity index (χ4n) is 2.86. The van der Waals surface area contributed by atoms with Crippen LogP contribution in [0.3, 0.4) is 0 Å². The summed E-state index contributed by atoms with van der Waals surface area (Å²) in [6.07, 6.45) is 1.35. The fraction of sp³-hybridized carbons (Fsp3) is 0.0476. The van der Waals surface area contributed by atoms with E-state index in [1.54, 1.807) is 42.5 Å². The lowest BCUT2D eigenvalue weighted by Crippen LogP contribution is -2.23. The highest BCUT2D eigenvalue weighted by Gasteiger charge is 2.17. The molecule has 32 heavy (non-hydrogen) atoms. The van der Waals surface area contributed by atoms with Crippen molar-refractivity contribution in [3.05, 3.63) is 76.4 Å². The van der Waals surface area contributed by atoms with Crippen molar-refractivity contribution < 1.29 is 8.42 Å². The fourth-order valence-corrected chi connectivity index (χ4v) is 4.22. The molecule has 0 atom stereocenters. The Labute approximate surface area is 193 Å². The van der Waals surface area contributed by atoms with E-state index in [9.17, 15) is 8.42 Å². The van der Waals surface area contributed by atoms with Gasteiger partial charge in [-0.3, -0.25) is 4.72 Å². The molecule has 0 aliphatic carbocycles. The van der Waals surface area contributed by atoms with Crippen LogP contribution in [0.1, 0.15) is 5.56 Å². The van der Waals surface area contributed by atoms with Crippen molar-refractivity contribution in [2.45, 2.75) is 0 Å². The number of hydrogen-bond donors (Lipinski definition) is 2. The van der Waals surface area contributed by atoms with Crippen LogP contribution >= 0.6 is 23.2 Å². The molecule has 0 saturated carbocycles. The molecular formula is C21H14Cl2N6O2S. The van der Waals surface area contributed by atoms with E-state index in [1.807, 2.05) is 6.07 Å². The number of rotatable bonds is 6. The number of aromatic nitrogens is 3. The van der Waals surface area contributed by atoms with Crippen LogP contribution in [0, 0.1) is 11.3 Å². The zero-order valence-corrected chi connectivity index (χ0v) is 18.6. The third-order valence-corrected chi connectivity index (χ3v) is 5.94. The summed E-state index contributed by atoms with van der Waals surface area (Å²) in [6, 6.07) is 16.9. The summed E-state index contributed by atoms with van der Waals surface area (Å²) in [4.78, 5) is 12.9. The standard InChI is InChI=1S/C21H14Cl2N6O2S/c22-14-6-7-15(17(23)9-14)20-27-18-4-2-1-3-16(18)21(28-20)29-32(30,31)12-26-19-8-5-13(10-24)11-25-19/h1-9,11H,12H2,(H,25,26)(H,27,28,29). The Bertz CT molecular complexity index is 1450. The Kier molecular flexibility index (Phi) is 6.10. The molecular weight excluding hydrogens is 471 g/mol. The smallest absolute Gasteiger partial charge is 0.252 e. The molecule has 2 heterocycles. The summed E-state index contributed by atoms with van der Waals surface area (Å²) in [5, 5.41) is 12.9. The summed E-state index contributed by atoms with van der Waals surface area (Å²) in [5.74, 6) is 0.230. The number of sulfonamides is 1. The molecule has 11 heteroatoms. The lowest BCUT2D eigenvalue weighted by molar-refractivity contribution is 0.602. The predicted octanol–water partition coefficient (Wildman–Crippen LogP) is 4.68. The Morgan fingerprint density at radius 2 is 1.84 bits per heavy atom. The summed E-state index contributed by atoms with van der Waals surface area (Å²) in [7, 11) is -3.87. The molecule has 4 aromatic rings. The van der Waals surface area contributed by atoms with Crippen molar-refractivity contribution in [2.24, 2.45) is 0 Å². The molecule has 2 aromatic carbocycles. The van der Waals surface area contributed by atoms with E-state index in [4.69, 9.17) is 28.5 Å². The van der Waals surface area contributed by atoms with Crippen LogP contribution in [0.4, 0.5) is 11.6 Å². The molecule has 4 rings (SSSR count). The first-order chi connectivity index (χ1) is 15.3. The second-order valence-electron chi connectivity index (χ2n) is 6.62. The van der Waals surface area contributed by atoms with Crippen molar-refractivity contribution >= 4 is 55.8 Å².